The minimum Gasteiger partial charge on any atom is -0.478 e. The van der Waals surface area contributed by atoms with Gasteiger partial charge in [0.25, 0.3) is 5.91 Å². The van der Waals surface area contributed by atoms with Crippen LogP contribution in [0.4, 0.5) is 17.2 Å². The van der Waals surface area contributed by atoms with Crippen molar-refractivity contribution in [1.82, 2.24) is 4.98 Å². The second kappa shape index (κ2) is 8.87. The first-order valence-electron chi connectivity index (χ1n) is 10.2. The smallest absolute Gasteiger partial charge is 0.339 e. The van der Waals surface area contributed by atoms with Gasteiger partial charge in [0.1, 0.15) is 11.4 Å². The standard InChI is InChI=1S/C24H24N4O3/c1-17-7-5-6-10-20(17)23(29)26-18-15-21(24(30)31)22(25-16-18)28-13-11-27(12-14-28)19-8-3-2-4-9-19/h2-10,15-16H,11-14H2,1H3,(H,26,29)(H,30,31). The fourth-order valence-electron chi connectivity index (χ4n) is 3.78. The van der Waals surface area contributed by atoms with E-state index in [2.05, 4.69) is 27.3 Å². The molecule has 0 atom stereocenters. The number of carbonyl (C=O) groups is 2. The van der Waals surface area contributed by atoms with Gasteiger partial charge in [0, 0.05) is 37.4 Å². The highest BCUT2D eigenvalue weighted by Gasteiger charge is 2.23. The topological polar surface area (TPSA) is 85.8 Å². The van der Waals surface area contributed by atoms with Gasteiger partial charge in [-0.2, -0.15) is 0 Å². The number of rotatable bonds is 5. The van der Waals surface area contributed by atoms with Crippen LogP contribution in [0.3, 0.4) is 0 Å². The fraction of sp³-hybridized carbons (Fsp3) is 0.208. The van der Waals surface area contributed by atoms with Gasteiger partial charge in [0.05, 0.1) is 11.9 Å². The number of hydrogen-bond donors (Lipinski definition) is 2. The minimum absolute atomic E-state index is 0.0794. The molecule has 1 fully saturated rings. The summed E-state index contributed by atoms with van der Waals surface area (Å²) in [6.07, 6.45) is 1.52. The third-order valence-electron chi connectivity index (χ3n) is 5.45. The molecule has 7 heteroatoms. The summed E-state index contributed by atoms with van der Waals surface area (Å²) in [6.45, 7) is 4.73. The molecule has 2 N–H and O–H groups in total. The number of carboxylic acid groups (broad SMARTS) is 1. The van der Waals surface area contributed by atoms with Crippen LogP contribution >= 0.6 is 0 Å². The zero-order valence-corrected chi connectivity index (χ0v) is 17.3. The number of carboxylic acids is 1. The van der Waals surface area contributed by atoms with Crippen LogP contribution in [0.2, 0.25) is 0 Å². The number of nitrogens with zero attached hydrogens (tertiary/aromatic N) is 3. The van der Waals surface area contributed by atoms with Crippen LogP contribution in [0.1, 0.15) is 26.3 Å². The first-order valence-corrected chi connectivity index (χ1v) is 10.2. The van der Waals surface area contributed by atoms with E-state index < -0.39 is 5.97 Å². The van der Waals surface area contributed by atoms with Gasteiger partial charge in [0.2, 0.25) is 0 Å². The number of anilines is 3. The Bertz CT molecular complexity index is 1090. The molecule has 31 heavy (non-hydrogen) atoms. The fourth-order valence-corrected chi connectivity index (χ4v) is 3.78. The van der Waals surface area contributed by atoms with Crippen molar-refractivity contribution in [3.8, 4) is 0 Å². The maximum atomic E-state index is 12.6. The molecule has 0 aliphatic carbocycles. The molecule has 0 saturated carbocycles. The molecule has 158 valence electrons. The van der Waals surface area contributed by atoms with Crippen LogP contribution in [-0.4, -0.2) is 48.1 Å². The summed E-state index contributed by atoms with van der Waals surface area (Å²) in [7, 11) is 0. The third-order valence-corrected chi connectivity index (χ3v) is 5.45. The summed E-state index contributed by atoms with van der Waals surface area (Å²) in [5.41, 5.74) is 2.98. The van der Waals surface area contributed by atoms with Gasteiger partial charge in [-0.05, 0) is 36.8 Å². The van der Waals surface area contributed by atoms with Gasteiger partial charge in [-0.25, -0.2) is 9.78 Å². The SMILES string of the molecule is Cc1ccccc1C(=O)Nc1cnc(N2CCN(c3ccccc3)CC2)c(C(=O)O)c1. The second-order valence-electron chi connectivity index (χ2n) is 7.48. The number of aromatic carboxylic acids is 1. The van der Waals surface area contributed by atoms with E-state index in [1.165, 1.54) is 12.3 Å². The molecule has 1 aromatic heterocycles. The lowest BCUT2D eigenvalue weighted by atomic mass is 10.1. The van der Waals surface area contributed by atoms with Gasteiger partial charge in [-0.3, -0.25) is 4.79 Å². The van der Waals surface area contributed by atoms with Crippen molar-refractivity contribution in [3.63, 3.8) is 0 Å². The number of hydrogen-bond acceptors (Lipinski definition) is 5. The molecule has 2 heterocycles. The summed E-state index contributed by atoms with van der Waals surface area (Å²) >= 11 is 0. The van der Waals surface area contributed by atoms with E-state index in [1.54, 1.807) is 12.1 Å². The molecule has 0 radical (unpaired) electrons. The van der Waals surface area contributed by atoms with Crippen molar-refractivity contribution >= 4 is 29.1 Å². The average molecular weight is 416 g/mol. The monoisotopic (exact) mass is 416 g/mol. The van der Waals surface area contributed by atoms with Gasteiger partial charge in [-0.15, -0.1) is 0 Å². The normalized spacial score (nSPS) is 13.7. The van der Waals surface area contributed by atoms with Gasteiger partial charge in [-0.1, -0.05) is 36.4 Å². The number of aryl methyl sites for hydroxylation is 1. The molecule has 4 rings (SSSR count). The lowest BCUT2D eigenvalue weighted by Crippen LogP contribution is -2.47. The van der Waals surface area contributed by atoms with E-state index in [1.807, 2.05) is 42.2 Å². The first kappa shape index (κ1) is 20.4. The first-order chi connectivity index (χ1) is 15.0. The van der Waals surface area contributed by atoms with E-state index in [9.17, 15) is 14.7 Å². The van der Waals surface area contributed by atoms with Crippen LogP contribution in [0.25, 0.3) is 0 Å². The number of piperazine rings is 1. The summed E-state index contributed by atoms with van der Waals surface area (Å²) < 4.78 is 0. The number of amides is 1. The highest BCUT2D eigenvalue weighted by molar-refractivity contribution is 6.06. The Morgan fingerprint density at radius 2 is 1.55 bits per heavy atom. The van der Waals surface area contributed by atoms with Gasteiger partial charge in [0.15, 0.2) is 0 Å². The molecule has 2 aromatic carbocycles. The lowest BCUT2D eigenvalue weighted by molar-refractivity contribution is 0.0696. The Kier molecular flexibility index (Phi) is 5.84. The number of benzene rings is 2. The Morgan fingerprint density at radius 1 is 0.903 bits per heavy atom. The third kappa shape index (κ3) is 4.50. The summed E-state index contributed by atoms with van der Waals surface area (Å²) in [5, 5.41) is 12.5. The van der Waals surface area contributed by atoms with Crippen molar-refractivity contribution in [2.45, 2.75) is 6.92 Å². The van der Waals surface area contributed by atoms with Crippen molar-refractivity contribution in [2.24, 2.45) is 0 Å². The quantitative estimate of drug-likeness (QED) is 0.660. The van der Waals surface area contributed by atoms with Gasteiger partial charge >= 0.3 is 5.97 Å². The molecule has 7 nitrogen and oxygen atoms in total. The van der Waals surface area contributed by atoms with Crippen molar-refractivity contribution < 1.29 is 14.7 Å². The predicted molar refractivity (Wildman–Crippen MR) is 121 cm³/mol. The zero-order valence-electron chi connectivity index (χ0n) is 17.3. The van der Waals surface area contributed by atoms with E-state index >= 15 is 0 Å². The summed E-state index contributed by atoms with van der Waals surface area (Å²) in [5.74, 6) is -0.936. The molecule has 1 amide bonds. The van der Waals surface area contributed by atoms with E-state index in [-0.39, 0.29) is 11.5 Å². The van der Waals surface area contributed by atoms with Crippen LogP contribution < -0.4 is 15.1 Å². The maximum Gasteiger partial charge on any atom is 0.339 e. The van der Waals surface area contributed by atoms with Crippen LogP contribution in [0, 0.1) is 6.92 Å². The lowest BCUT2D eigenvalue weighted by Gasteiger charge is -2.37. The largest absolute Gasteiger partial charge is 0.478 e. The summed E-state index contributed by atoms with van der Waals surface area (Å²) in [4.78, 5) is 33.1. The highest BCUT2D eigenvalue weighted by Crippen LogP contribution is 2.25. The number of aromatic nitrogens is 1. The Morgan fingerprint density at radius 3 is 2.23 bits per heavy atom. The number of pyridine rings is 1. The highest BCUT2D eigenvalue weighted by atomic mass is 16.4. The molecule has 3 aromatic rings. The van der Waals surface area contributed by atoms with Crippen LogP contribution in [0.15, 0.2) is 66.9 Å². The zero-order chi connectivity index (χ0) is 21.8. The Balaban J connectivity index is 1.50. The van der Waals surface area contributed by atoms with Gasteiger partial charge < -0.3 is 20.2 Å². The van der Waals surface area contributed by atoms with Crippen molar-refractivity contribution in [3.05, 3.63) is 83.6 Å². The molecular weight excluding hydrogens is 392 g/mol. The van der Waals surface area contributed by atoms with Crippen molar-refractivity contribution in [1.29, 1.82) is 0 Å². The number of nitrogens with one attached hydrogen (secondary N) is 1. The average Bonchev–Trinajstić information content (AvgIpc) is 2.80. The molecular formula is C24H24N4O3. The van der Waals surface area contributed by atoms with Crippen molar-refractivity contribution in [2.75, 3.05) is 41.3 Å². The summed E-state index contributed by atoms with van der Waals surface area (Å²) in [6, 6.07) is 18.9. The minimum atomic E-state index is -1.07. The molecule has 0 unspecified atom stereocenters. The molecule has 0 bridgehead atoms. The Labute approximate surface area is 181 Å². The van der Waals surface area contributed by atoms with Crippen LogP contribution in [0.5, 0.6) is 0 Å². The molecule has 1 saturated heterocycles. The number of carbonyl (C=O) groups excluding carboxylic acids is 1. The molecule has 1 aliphatic rings. The molecule has 1 aliphatic heterocycles. The predicted octanol–water partition coefficient (Wildman–Crippen LogP) is 3.67. The molecule has 0 spiro atoms. The Hall–Kier alpha value is -3.87. The van der Waals surface area contributed by atoms with E-state index in [4.69, 9.17) is 0 Å². The number of para-hydroxylation sites is 1. The second-order valence-corrected chi connectivity index (χ2v) is 7.48. The van der Waals surface area contributed by atoms with E-state index in [0.717, 1.165) is 24.3 Å². The maximum absolute atomic E-state index is 12.6. The van der Waals surface area contributed by atoms with E-state index in [0.29, 0.717) is 30.2 Å². The van der Waals surface area contributed by atoms with Crippen LogP contribution in [-0.2, 0) is 0 Å².